The van der Waals surface area contributed by atoms with Crippen LogP contribution < -0.4 is 5.73 Å². The van der Waals surface area contributed by atoms with Crippen LogP contribution >= 0.6 is 0 Å². The molecule has 0 atom stereocenters. The summed E-state index contributed by atoms with van der Waals surface area (Å²) >= 11 is 0. The lowest BCUT2D eigenvalue weighted by atomic mass is 10.1. The van der Waals surface area contributed by atoms with Gasteiger partial charge in [-0.25, -0.2) is 4.98 Å². The molecule has 0 aliphatic carbocycles. The molecule has 0 aliphatic rings. The number of nitrogens with two attached hydrogens (primary N) is 1. The lowest BCUT2D eigenvalue weighted by molar-refractivity contribution is 0.276. The topological polar surface area (TPSA) is 47.1 Å². The van der Waals surface area contributed by atoms with Crippen LogP contribution in [0.15, 0.2) is 73.3 Å². The maximum Gasteiger partial charge on any atom is 0.0991 e. The third kappa shape index (κ3) is 4.54. The molecule has 124 valence electrons. The molecule has 4 heteroatoms. The Morgan fingerprint density at radius 3 is 2.38 bits per heavy atom. The Morgan fingerprint density at radius 2 is 1.71 bits per heavy atom. The molecule has 4 nitrogen and oxygen atoms in total. The minimum absolute atomic E-state index is 0.682. The van der Waals surface area contributed by atoms with Crippen LogP contribution in [-0.4, -0.2) is 34.1 Å². The molecule has 0 unspecified atom stereocenters. The summed E-state index contributed by atoms with van der Waals surface area (Å²) in [6.45, 7) is 3.54. The highest BCUT2D eigenvalue weighted by molar-refractivity contribution is 5.34. The first-order chi connectivity index (χ1) is 11.8. The zero-order valence-corrected chi connectivity index (χ0v) is 13.9. The number of hydrogen-bond acceptors (Lipinski definition) is 3. The Labute approximate surface area is 143 Å². The van der Waals surface area contributed by atoms with Crippen molar-refractivity contribution < 1.29 is 0 Å². The van der Waals surface area contributed by atoms with Crippen molar-refractivity contribution in [1.29, 1.82) is 0 Å². The summed E-state index contributed by atoms with van der Waals surface area (Å²) < 4.78 is 2.01. The van der Waals surface area contributed by atoms with E-state index in [1.165, 1.54) is 11.1 Å². The summed E-state index contributed by atoms with van der Waals surface area (Å²) in [6.07, 6.45) is 6.61. The molecule has 3 aromatic rings. The van der Waals surface area contributed by atoms with Gasteiger partial charge in [-0.1, -0.05) is 42.5 Å². The molecule has 1 heterocycles. The Kier molecular flexibility index (Phi) is 5.77. The summed E-state index contributed by atoms with van der Waals surface area (Å²) in [4.78, 5) is 6.50. The Morgan fingerprint density at radius 1 is 0.917 bits per heavy atom. The molecule has 0 amide bonds. The first-order valence-electron chi connectivity index (χ1n) is 8.39. The molecule has 2 aromatic carbocycles. The number of rotatable bonds is 8. The minimum Gasteiger partial charge on any atom is -0.329 e. The molecule has 0 bridgehead atoms. The van der Waals surface area contributed by atoms with Gasteiger partial charge >= 0.3 is 0 Å². The fourth-order valence-corrected chi connectivity index (χ4v) is 2.83. The van der Waals surface area contributed by atoms with Gasteiger partial charge in [0.15, 0.2) is 0 Å². The molecule has 24 heavy (non-hydrogen) atoms. The van der Waals surface area contributed by atoms with Crippen molar-refractivity contribution in [2.24, 2.45) is 5.73 Å². The second-order valence-electron chi connectivity index (χ2n) is 5.94. The smallest absolute Gasteiger partial charge is 0.0991 e. The van der Waals surface area contributed by atoms with Crippen molar-refractivity contribution in [2.75, 3.05) is 19.6 Å². The highest BCUT2D eigenvalue weighted by Crippen LogP contribution is 2.12. The van der Waals surface area contributed by atoms with Crippen molar-refractivity contribution >= 4 is 0 Å². The van der Waals surface area contributed by atoms with Crippen molar-refractivity contribution in [3.05, 3.63) is 84.4 Å². The molecule has 0 saturated carbocycles. The van der Waals surface area contributed by atoms with E-state index in [0.29, 0.717) is 6.54 Å². The number of nitrogens with zero attached hydrogens (tertiary/aromatic N) is 3. The van der Waals surface area contributed by atoms with Gasteiger partial charge in [0.2, 0.25) is 0 Å². The maximum absolute atomic E-state index is 5.79. The zero-order valence-electron chi connectivity index (χ0n) is 13.9. The van der Waals surface area contributed by atoms with Crippen LogP contribution in [0.1, 0.15) is 11.1 Å². The number of aromatic nitrogens is 2. The van der Waals surface area contributed by atoms with Crippen LogP contribution in [0, 0.1) is 0 Å². The Hall–Kier alpha value is -2.43. The van der Waals surface area contributed by atoms with Crippen LogP contribution in [0.2, 0.25) is 0 Å². The van der Waals surface area contributed by atoms with Gasteiger partial charge in [0.05, 0.1) is 6.33 Å². The monoisotopic (exact) mass is 320 g/mol. The summed E-state index contributed by atoms with van der Waals surface area (Å²) in [5, 5.41) is 0. The zero-order chi connectivity index (χ0) is 16.6. The summed E-state index contributed by atoms with van der Waals surface area (Å²) in [5.74, 6) is 0. The van der Waals surface area contributed by atoms with Crippen molar-refractivity contribution in [2.45, 2.75) is 13.0 Å². The van der Waals surface area contributed by atoms with Crippen LogP contribution in [0.4, 0.5) is 0 Å². The van der Waals surface area contributed by atoms with Crippen molar-refractivity contribution in [1.82, 2.24) is 14.5 Å². The van der Waals surface area contributed by atoms with Gasteiger partial charge in [-0.05, 0) is 29.7 Å². The standard InChI is InChI=1S/C20H24N4/c21-11-14-23(13-10-18-4-2-1-3-5-18)16-19-6-8-20(9-7-19)24-15-12-22-17-24/h1-9,12,15,17H,10-11,13-14,16,21H2. The van der Waals surface area contributed by atoms with E-state index >= 15 is 0 Å². The lowest BCUT2D eigenvalue weighted by Gasteiger charge is -2.22. The molecule has 1 aromatic heterocycles. The molecule has 2 N–H and O–H groups in total. The van der Waals surface area contributed by atoms with E-state index in [1.807, 2.05) is 17.1 Å². The van der Waals surface area contributed by atoms with E-state index in [4.69, 9.17) is 5.73 Å². The van der Waals surface area contributed by atoms with Crippen LogP contribution in [0.25, 0.3) is 5.69 Å². The lowest BCUT2D eigenvalue weighted by Crippen LogP contribution is -2.31. The van der Waals surface area contributed by atoms with Gasteiger partial charge < -0.3 is 10.3 Å². The molecule has 3 rings (SSSR count). The largest absolute Gasteiger partial charge is 0.329 e. The fourth-order valence-electron chi connectivity index (χ4n) is 2.83. The Balaban J connectivity index is 1.60. The van der Waals surface area contributed by atoms with E-state index in [0.717, 1.165) is 31.7 Å². The van der Waals surface area contributed by atoms with Crippen molar-refractivity contribution in [3.8, 4) is 5.69 Å². The predicted molar refractivity (Wildman–Crippen MR) is 98.0 cm³/mol. The van der Waals surface area contributed by atoms with Crippen LogP contribution in [0.5, 0.6) is 0 Å². The molecular formula is C20H24N4. The van der Waals surface area contributed by atoms with E-state index in [9.17, 15) is 0 Å². The summed E-state index contributed by atoms with van der Waals surface area (Å²) in [7, 11) is 0. The number of imidazole rings is 1. The molecule has 0 saturated heterocycles. The van der Waals surface area contributed by atoms with Crippen molar-refractivity contribution in [3.63, 3.8) is 0 Å². The number of hydrogen-bond donors (Lipinski definition) is 1. The first kappa shape index (κ1) is 16.4. The van der Waals surface area contributed by atoms with Gasteiger partial charge in [0, 0.05) is 44.3 Å². The SMILES string of the molecule is NCCN(CCc1ccccc1)Cc1ccc(-n2ccnc2)cc1. The second kappa shape index (κ2) is 8.43. The number of benzene rings is 2. The summed E-state index contributed by atoms with van der Waals surface area (Å²) in [6, 6.07) is 19.2. The third-order valence-electron chi connectivity index (χ3n) is 4.15. The van der Waals surface area contributed by atoms with E-state index < -0.39 is 0 Å². The minimum atomic E-state index is 0.682. The van der Waals surface area contributed by atoms with Gasteiger partial charge in [-0.15, -0.1) is 0 Å². The van der Waals surface area contributed by atoms with E-state index in [-0.39, 0.29) is 0 Å². The average molecular weight is 320 g/mol. The quantitative estimate of drug-likeness (QED) is 0.694. The Bertz CT molecular complexity index is 705. The molecule has 0 fully saturated rings. The molecule has 0 spiro atoms. The average Bonchev–Trinajstić information content (AvgIpc) is 3.16. The van der Waals surface area contributed by atoms with Crippen LogP contribution in [0.3, 0.4) is 0 Å². The molecule has 0 aliphatic heterocycles. The molecule has 0 radical (unpaired) electrons. The molecular weight excluding hydrogens is 296 g/mol. The van der Waals surface area contributed by atoms with Gasteiger partial charge in [0.1, 0.15) is 0 Å². The highest BCUT2D eigenvalue weighted by Gasteiger charge is 2.06. The van der Waals surface area contributed by atoms with E-state index in [1.54, 1.807) is 6.20 Å². The second-order valence-corrected chi connectivity index (χ2v) is 5.94. The van der Waals surface area contributed by atoms with Crippen LogP contribution in [-0.2, 0) is 13.0 Å². The predicted octanol–water partition coefficient (Wildman–Crippen LogP) is 2.88. The maximum atomic E-state index is 5.79. The highest BCUT2D eigenvalue weighted by atomic mass is 15.1. The third-order valence-corrected chi connectivity index (χ3v) is 4.15. The summed E-state index contributed by atoms with van der Waals surface area (Å²) in [5.41, 5.74) is 9.60. The first-order valence-corrected chi connectivity index (χ1v) is 8.39. The fraction of sp³-hybridized carbons (Fsp3) is 0.250. The van der Waals surface area contributed by atoms with Gasteiger partial charge in [0.25, 0.3) is 0 Å². The van der Waals surface area contributed by atoms with Gasteiger partial charge in [-0.2, -0.15) is 0 Å². The normalized spacial score (nSPS) is 11.1. The van der Waals surface area contributed by atoms with E-state index in [2.05, 4.69) is 64.5 Å². The van der Waals surface area contributed by atoms with Gasteiger partial charge in [-0.3, -0.25) is 4.90 Å².